The molecule has 0 saturated heterocycles. The van der Waals surface area contributed by atoms with E-state index in [1.807, 2.05) is 0 Å². The second-order valence-electron chi connectivity index (χ2n) is 4.15. The van der Waals surface area contributed by atoms with E-state index in [1.165, 1.54) is 27.5 Å². The molecule has 0 unspecified atom stereocenters. The van der Waals surface area contributed by atoms with E-state index in [0.29, 0.717) is 11.3 Å². The van der Waals surface area contributed by atoms with Gasteiger partial charge in [-0.05, 0) is 17.7 Å². The first-order chi connectivity index (χ1) is 9.65. The molecule has 0 radical (unpaired) electrons. The van der Waals surface area contributed by atoms with Gasteiger partial charge >= 0.3 is 5.97 Å². The molecule has 1 N–H and O–H groups in total. The lowest BCUT2D eigenvalue weighted by atomic mass is 10.1. The maximum absolute atomic E-state index is 11.9. The van der Waals surface area contributed by atoms with Crippen LogP contribution >= 0.6 is 0 Å². The average molecular weight is 271 g/mol. The first kappa shape index (κ1) is 12.0. The number of carboxylic acids is 1. The molecule has 8 nitrogen and oxygen atoms in total. The molecule has 0 atom stereocenters. The number of benzene rings is 1. The van der Waals surface area contributed by atoms with Gasteiger partial charge in [0.15, 0.2) is 0 Å². The molecule has 100 valence electrons. The maximum Gasteiger partial charge on any atom is 0.335 e. The fourth-order valence-electron chi connectivity index (χ4n) is 1.90. The van der Waals surface area contributed by atoms with Gasteiger partial charge in [-0.15, -0.1) is 10.2 Å². The van der Waals surface area contributed by atoms with E-state index in [4.69, 9.17) is 5.11 Å². The van der Waals surface area contributed by atoms with E-state index in [0.717, 1.165) is 6.20 Å². The number of carboxylic acid groups (broad SMARTS) is 1. The van der Waals surface area contributed by atoms with E-state index >= 15 is 0 Å². The quantitative estimate of drug-likeness (QED) is 0.721. The Morgan fingerprint density at radius 3 is 3.00 bits per heavy atom. The van der Waals surface area contributed by atoms with Gasteiger partial charge in [0.1, 0.15) is 12.5 Å². The molecule has 2 aromatic heterocycles. The summed E-state index contributed by atoms with van der Waals surface area (Å²) in [6.45, 7) is 0.199. The number of hydrogen-bond donors (Lipinski definition) is 1. The third-order valence-corrected chi connectivity index (χ3v) is 2.83. The van der Waals surface area contributed by atoms with Crippen LogP contribution in [-0.2, 0) is 6.54 Å². The van der Waals surface area contributed by atoms with Crippen LogP contribution in [0.4, 0.5) is 0 Å². The van der Waals surface area contributed by atoms with Crippen LogP contribution in [0.2, 0.25) is 0 Å². The van der Waals surface area contributed by atoms with Crippen molar-refractivity contribution < 1.29 is 9.90 Å². The minimum absolute atomic E-state index is 0.169. The number of aromatic nitrogens is 5. The van der Waals surface area contributed by atoms with E-state index in [1.54, 1.807) is 12.1 Å². The van der Waals surface area contributed by atoms with Crippen molar-refractivity contribution in [2.24, 2.45) is 0 Å². The van der Waals surface area contributed by atoms with Crippen molar-refractivity contribution in [1.29, 1.82) is 0 Å². The van der Waals surface area contributed by atoms with Crippen molar-refractivity contribution in [2.75, 3.05) is 0 Å². The molecule has 0 aliphatic rings. The lowest BCUT2D eigenvalue weighted by Gasteiger charge is -2.06. The van der Waals surface area contributed by atoms with E-state index in [2.05, 4.69) is 15.3 Å². The first-order valence-electron chi connectivity index (χ1n) is 5.73. The zero-order chi connectivity index (χ0) is 14.1. The van der Waals surface area contributed by atoms with Crippen LogP contribution in [0.1, 0.15) is 15.9 Å². The van der Waals surface area contributed by atoms with Gasteiger partial charge in [-0.25, -0.2) is 4.79 Å². The van der Waals surface area contributed by atoms with Crippen molar-refractivity contribution >= 4 is 11.7 Å². The maximum atomic E-state index is 11.9. The van der Waals surface area contributed by atoms with Crippen molar-refractivity contribution in [3.63, 3.8) is 0 Å². The molecule has 0 aliphatic carbocycles. The normalized spacial score (nSPS) is 10.8. The van der Waals surface area contributed by atoms with E-state index in [9.17, 15) is 9.59 Å². The third kappa shape index (κ3) is 2.03. The Hall–Kier alpha value is -3.03. The summed E-state index contributed by atoms with van der Waals surface area (Å²) in [6, 6.07) is 6.38. The van der Waals surface area contributed by atoms with Gasteiger partial charge in [0.05, 0.1) is 12.1 Å². The molecule has 3 rings (SSSR count). The summed E-state index contributed by atoms with van der Waals surface area (Å²) in [5.41, 5.74) is 0.524. The fraction of sp³-hybridized carbons (Fsp3) is 0.0833. The number of aromatic carboxylic acids is 1. The summed E-state index contributed by atoms with van der Waals surface area (Å²) in [5.74, 6) is -0.709. The molecule has 0 aliphatic heterocycles. The minimum Gasteiger partial charge on any atom is -0.478 e. The highest BCUT2D eigenvalue weighted by molar-refractivity contribution is 5.87. The molecule has 0 fully saturated rings. The zero-order valence-electron chi connectivity index (χ0n) is 10.2. The monoisotopic (exact) mass is 271 g/mol. The molecule has 0 bridgehead atoms. The summed E-state index contributed by atoms with van der Waals surface area (Å²) in [7, 11) is 0. The van der Waals surface area contributed by atoms with Gasteiger partial charge in [0, 0.05) is 0 Å². The Kier molecular flexibility index (Phi) is 2.75. The SMILES string of the molecule is O=C(O)c1cccc(Cn2c(=O)cnn3cnnc23)c1. The number of hydrogen-bond acceptors (Lipinski definition) is 5. The molecule has 8 heteroatoms. The molecule has 0 saturated carbocycles. The summed E-state index contributed by atoms with van der Waals surface area (Å²) < 4.78 is 2.75. The first-order valence-corrected chi connectivity index (χ1v) is 5.73. The highest BCUT2D eigenvalue weighted by Gasteiger charge is 2.08. The fourth-order valence-corrected chi connectivity index (χ4v) is 1.90. The van der Waals surface area contributed by atoms with Crippen molar-refractivity contribution in [3.05, 3.63) is 58.3 Å². The van der Waals surface area contributed by atoms with Crippen LogP contribution in [0.5, 0.6) is 0 Å². The van der Waals surface area contributed by atoms with Crippen LogP contribution < -0.4 is 5.56 Å². The predicted octanol–water partition coefficient (Wildman–Crippen LogP) is 0.0325. The summed E-state index contributed by atoms with van der Waals surface area (Å²) in [4.78, 5) is 22.8. The largest absolute Gasteiger partial charge is 0.478 e. The second-order valence-corrected chi connectivity index (χ2v) is 4.15. The molecule has 0 spiro atoms. The Labute approximate surface area is 111 Å². The highest BCUT2D eigenvalue weighted by atomic mass is 16.4. The van der Waals surface area contributed by atoms with Crippen molar-refractivity contribution in [2.45, 2.75) is 6.54 Å². The van der Waals surface area contributed by atoms with Gasteiger partial charge in [-0.1, -0.05) is 12.1 Å². The highest BCUT2D eigenvalue weighted by Crippen LogP contribution is 2.07. The van der Waals surface area contributed by atoms with E-state index < -0.39 is 5.97 Å². The Morgan fingerprint density at radius 1 is 1.35 bits per heavy atom. The van der Waals surface area contributed by atoms with Crippen LogP contribution in [0.25, 0.3) is 5.78 Å². The average Bonchev–Trinajstić information content (AvgIpc) is 2.91. The lowest BCUT2D eigenvalue weighted by Crippen LogP contribution is -2.23. The standard InChI is InChI=1S/C12H9N5O3/c18-10-5-14-17-7-13-15-12(17)16(10)6-8-2-1-3-9(4-8)11(19)20/h1-5,7H,6H2,(H,19,20). The van der Waals surface area contributed by atoms with Crippen LogP contribution in [0, 0.1) is 0 Å². The van der Waals surface area contributed by atoms with Crippen LogP contribution in [0.3, 0.4) is 0 Å². The Morgan fingerprint density at radius 2 is 2.20 bits per heavy atom. The van der Waals surface area contributed by atoms with E-state index in [-0.39, 0.29) is 17.7 Å². The van der Waals surface area contributed by atoms with Gasteiger partial charge < -0.3 is 5.11 Å². The number of carbonyl (C=O) groups is 1. The molecular formula is C12H9N5O3. The zero-order valence-corrected chi connectivity index (χ0v) is 10.2. The van der Waals surface area contributed by atoms with Crippen molar-refractivity contribution in [1.82, 2.24) is 24.4 Å². The lowest BCUT2D eigenvalue weighted by molar-refractivity contribution is 0.0696. The number of nitrogens with zero attached hydrogens (tertiary/aromatic N) is 5. The van der Waals surface area contributed by atoms with Crippen LogP contribution in [-0.4, -0.2) is 35.5 Å². The smallest absolute Gasteiger partial charge is 0.335 e. The third-order valence-electron chi connectivity index (χ3n) is 2.83. The summed E-state index contributed by atoms with van der Waals surface area (Å²) in [5, 5.41) is 20.3. The summed E-state index contributed by atoms with van der Waals surface area (Å²) >= 11 is 0. The molecule has 0 amide bonds. The van der Waals surface area contributed by atoms with Crippen LogP contribution in [0.15, 0.2) is 41.6 Å². The molecule has 1 aromatic carbocycles. The number of fused-ring (bicyclic) bond motifs is 1. The Balaban J connectivity index is 2.07. The second kappa shape index (κ2) is 4.57. The summed E-state index contributed by atoms with van der Waals surface area (Å²) in [6.07, 6.45) is 2.55. The molecule has 3 aromatic rings. The topological polar surface area (TPSA) is 102 Å². The van der Waals surface area contributed by atoms with Gasteiger partial charge in [0.2, 0.25) is 0 Å². The number of rotatable bonds is 3. The van der Waals surface area contributed by atoms with Gasteiger partial charge in [-0.2, -0.15) is 9.61 Å². The van der Waals surface area contributed by atoms with Gasteiger partial charge in [0.25, 0.3) is 11.3 Å². The van der Waals surface area contributed by atoms with Gasteiger partial charge in [-0.3, -0.25) is 9.36 Å². The molecule has 2 heterocycles. The van der Waals surface area contributed by atoms with Crippen molar-refractivity contribution in [3.8, 4) is 0 Å². The Bertz CT molecular complexity index is 851. The molecule has 20 heavy (non-hydrogen) atoms. The predicted molar refractivity (Wildman–Crippen MR) is 67.5 cm³/mol. The minimum atomic E-state index is -1.01. The molecular weight excluding hydrogens is 262 g/mol.